The third kappa shape index (κ3) is 1.91. The topological polar surface area (TPSA) is 9.23 Å². The second-order valence-corrected chi connectivity index (χ2v) is 7.01. The van der Waals surface area contributed by atoms with Crippen LogP contribution >= 0.6 is 15.9 Å². The Kier molecular flexibility index (Phi) is 2.73. The normalized spacial score (nSPS) is 23.7. The van der Waals surface area contributed by atoms with E-state index in [0.29, 0.717) is 4.83 Å². The largest absolute Gasteiger partial charge is 0.492 e. The molecule has 1 unspecified atom stereocenters. The number of rotatable bonds is 2. The number of hydrogen-bond acceptors (Lipinski definition) is 1. The van der Waals surface area contributed by atoms with E-state index in [1.807, 2.05) is 0 Å². The van der Waals surface area contributed by atoms with Gasteiger partial charge in [-0.25, -0.2) is 0 Å². The van der Waals surface area contributed by atoms with Crippen LogP contribution in [0.15, 0.2) is 18.2 Å². The van der Waals surface area contributed by atoms with Crippen LogP contribution in [0.3, 0.4) is 0 Å². The number of ether oxygens (including phenoxy) is 1. The first-order valence-corrected chi connectivity index (χ1v) is 7.41. The molecular formula is C15H19BrO. The summed E-state index contributed by atoms with van der Waals surface area (Å²) in [5.41, 5.74) is 2.96. The molecule has 0 N–H and O–H groups in total. The van der Waals surface area contributed by atoms with Crippen molar-refractivity contribution in [3.05, 3.63) is 29.3 Å². The van der Waals surface area contributed by atoms with Crippen molar-refractivity contribution in [2.45, 2.75) is 43.4 Å². The molecule has 1 fully saturated rings. The molecule has 0 saturated heterocycles. The average Bonchev–Trinajstić information content (AvgIpc) is 2.52. The summed E-state index contributed by atoms with van der Waals surface area (Å²) in [6.07, 6.45) is 4.13. The highest BCUT2D eigenvalue weighted by molar-refractivity contribution is 9.09. The van der Waals surface area contributed by atoms with Gasteiger partial charge in [-0.15, -0.1) is 0 Å². The smallest absolute Gasteiger partial charge is 0.123 e. The maximum Gasteiger partial charge on any atom is 0.123 e. The maximum atomic E-state index is 5.73. The van der Waals surface area contributed by atoms with Crippen molar-refractivity contribution >= 4 is 15.9 Å². The molecule has 1 aromatic rings. The Hall–Kier alpha value is -0.500. The Morgan fingerprint density at radius 2 is 2.12 bits per heavy atom. The van der Waals surface area contributed by atoms with Crippen LogP contribution in [0, 0.1) is 5.92 Å². The van der Waals surface area contributed by atoms with Crippen molar-refractivity contribution in [1.82, 2.24) is 0 Å². The first kappa shape index (κ1) is 11.6. The van der Waals surface area contributed by atoms with E-state index >= 15 is 0 Å². The van der Waals surface area contributed by atoms with E-state index in [4.69, 9.17) is 4.74 Å². The van der Waals surface area contributed by atoms with Gasteiger partial charge in [-0.3, -0.25) is 0 Å². The summed E-state index contributed by atoms with van der Waals surface area (Å²) in [6.45, 7) is 5.33. The minimum absolute atomic E-state index is 0.164. The van der Waals surface area contributed by atoms with E-state index in [2.05, 4.69) is 48.0 Å². The molecule has 92 valence electrons. The minimum Gasteiger partial charge on any atom is -0.492 e. The second kappa shape index (κ2) is 4.01. The maximum absolute atomic E-state index is 5.73. The van der Waals surface area contributed by atoms with Gasteiger partial charge < -0.3 is 4.74 Å². The summed E-state index contributed by atoms with van der Waals surface area (Å²) in [5, 5.41) is 0. The molecule has 0 spiro atoms. The summed E-state index contributed by atoms with van der Waals surface area (Å²) in [5.74, 6) is 1.91. The molecule has 0 aromatic heterocycles. The second-order valence-electron chi connectivity index (χ2n) is 6.02. The van der Waals surface area contributed by atoms with Crippen LogP contribution in [0.2, 0.25) is 0 Å². The Labute approximate surface area is 112 Å². The zero-order valence-corrected chi connectivity index (χ0v) is 12.1. The molecule has 1 aromatic carbocycles. The summed E-state index contributed by atoms with van der Waals surface area (Å²) < 4.78 is 5.73. The highest BCUT2D eigenvalue weighted by Gasteiger charge is 2.33. The van der Waals surface area contributed by atoms with Crippen molar-refractivity contribution in [2.24, 2.45) is 5.92 Å². The van der Waals surface area contributed by atoms with Crippen LogP contribution in [-0.4, -0.2) is 6.61 Å². The molecule has 1 aliphatic heterocycles. The van der Waals surface area contributed by atoms with Crippen LogP contribution in [0.5, 0.6) is 5.75 Å². The first-order valence-electron chi connectivity index (χ1n) is 6.49. The lowest BCUT2D eigenvalue weighted by molar-refractivity contribution is 0.291. The van der Waals surface area contributed by atoms with Crippen molar-refractivity contribution < 1.29 is 4.74 Å². The lowest BCUT2D eigenvalue weighted by Gasteiger charge is -2.31. The molecule has 1 aliphatic carbocycles. The van der Waals surface area contributed by atoms with Gasteiger partial charge in [-0.1, -0.05) is 48.3 Å². The zero-order chi connectivity index (χ0) is 12.0. The molecule has 2 heteroatoms. The highest BCUT2D eigenvalue weighted by atomic mass is 79.9. The third-order valence-electron chi connectivity index (χ3n) is 4.20. The summed E-state index contributed by atoms with van der Waals surface area (Å²) in [6, 6.07) is 6.71. The molecule has 0 amide bonds. The van der Waals surface area contributed by atoms with Crippen molar-refractivity contribution in [2.75, 3.05) is 6.61 Å². The van der Waals surface area contributed by atoms with Gasteiger partial charge in [0.05, 0.1) is 6.61 Å². The predicted molar refractivity (Wildman–Crippen MR) is 74.0 cm³/mol. The van der Waals surface area contributed by atoms with E-state index in [1.54, 1.807) is 0 Å². The standard InChI is InChI=1S/C15H19BrO/c1-15(2)9-17-13-7-6-11(8-12(13)15)14(16)10-4-3-5-10/h6-8,10,14H,3-5,9H2,1-2H3. The highest BCUT2D eigenvalue weighted by Crippen LogP contribution is 2.46. The van der Waals surface area contributed by atoms with Gasteiger partial charge >= 0.3 is 0 Å². The van der Waals surface area contributed by atoms with Crippen LogP contribution in [-0.2, 0) is 5.41 Å². The van der Waals surface area contributed by atoms with Gasteiger partial charge in [0.1, 0.15) is 5.75 Å². The fourth-order valence-electron chi connectivity index (χ4n) is 2.71. The Morgan fingerprint density at radius 1 is 1.35 bits per heavy atom. The Balaban J connectivity index is 1.92. The van der Waals surface area contributed by atoms with Crippen LogP contribution in [0.4, 0.5) is 0 Å². The molecule has 1 heterocycles. The summed E-state index contributed by atoms with van der Waals surface area (Å²) in [4.78, 5) is 0.526. The van der Waals surface area contributed by atoms with E-state index in [-0.39, 0.29) is 5.41 Å². The van der Waals surface area contributed by atoms with Crippen molar-refractivity contribution in [3.8, 4) is 5.75 Å². The summed E-state index contributed by atoms with van der Waals surface area (Å²) in [7, 11) is 0. The molecule has 0 bridgehead atoms. The molecule has 1 atom stereocenters. The molecular weight excluding hydrogens is 276 g/mol. The van der Waals surface area contributed by atoms with Gasteiger partial charge in [0.15, 0.2) is 0 Å². The lowest BCUT2D eigenvalue weighted by atomic mass is 9.79. The number of hydrogen-bond donors (Lipinski definition) is 0. The third-order valence-corrected chi connectivity index (χ3v) is 5.48. The van der Waals surface area contributed by atoms with Gasteiger partial charge in [-0.2, -0.15) is 0 Å². The van der Waals surface area contributed by atoms with Gasteiger partial charge in [0.25, 0.3) is 0 Å². The average molecular weight is 295 g/mol. The zero-order valence-electron chi connectivity index (χ0n) is 10.5. The quantitative estimate of drug-likeness (QED) is 0.725. The van der Waals surface area contributed by atoms with E-state index in [0.717, 1.165) is 18.3 Å². The lowest BCUT2D eigenvalue weighted by Crippen LogP contribution is -2.19. The van der Waals surface area contributed by atoms with Gasteiger partial charge in [0, 0.05) is 15.8 Å². The monoisotopic (exact) mass is 294 g/mol. The van der Waals surface area contributed by atoms with Crippen LogP contribution in [0.25, 0.3) is 0 Å². The fraction of sp³-hybridized carbons (Fsp3) is 0.600. The van der Waals surface area contributed by atoms with E-state index in [1.165, 1.54) is 30.4 Å². The SMILES string of the molecule is CC1(C)COc2ccc(C(Br)C3CCC3)cc21. The molecule has 0 radical (unpaired) electrons. The van der Waals surface area contributed by atoms with Crippen LogP contribution < -0.4 is 4.74 Å². The van der Waals surface area contributed by atoms with Crippen molar-refractivity contribution in [3.63, 3.8) is 0 Å². The fourth-order valence-corrected chi connectivity index (χ4v) is 3.53. The van der Waals surface area contributed by atoms with E-state index < -0.39 is 0 Å². The number of benzene rings is 1. The molecule has 17 heavy (non-hydrogen) atoms. The molecule has 1 nitrogen and oxygen atoms in total. The Morgan fingerprint density at radius 3 is 2.76 bits per heavy atom. The first-order chi connectivity index (χ1) is 8.08. The number of halogens is 1. The van der Waals surface area contributed by atoms with E-state index in [9.17, 15) is 0 Å². The summed E-state index contributed by atoms with van der Waals surface area (Å²) >= 11 is 3.87. The number of alkyl halides is 1. The predicted octanol–water partition coefficient (Wildman–Crippen LogP) is 4.59. The minimum atomic E-state index is 0.164. The van der Waals surface area contributed by atoms with Gasteiger partial charge in [0.2, 0.25) is 0 Å². The van der Waals surface area contributed by atoms with Gasteiger partial charge in [-0.05, 0) is 30.4 Å². The Bertz CT molecular complexity index is 435. The number of fused-ring (bicyclic) bond motifs is 1. The van der Waals surface area contributed by atoms with Crippen molar-refractivity contribution in [1.29, 1.82) is 0 Å². The molecule has 3 rings (SSSR count). The van der Waals surface area contributed by atoms with Crippen LogP contribution in [0.1, 0.15) is 49.1 Å². The molecule has 1 saturated carbocycles. The molecule has 2 aliphatic rings.